The Labute approximate surface area is 103 Å². The van der Waals surface area contributed by atoms with E-state index in [2.05, 4.69) is 0 Å². The highest BCUT2D eigenvalue weighted by Crippen LogP contribution is 2.69. The van der Waals surface area contributed by atoms with Gasteiger partial charge in [0.2, 0.25) is 0 Å². The van der Waals surface area contributed by atoms with Gasteiger partial charge in [0.1, 0.15) is 10.6 Å². The first-order valence-corrected chi connectivity index (χ1v) is 6.53. The van der Waals surface area contributed by atoms with Crippen molar-refractivity contribution < 1.29 is 14.3 Å². The van der Waals surface area contributed by atoms with Gasteiger partial charge in [-0.05, 0) is 55.4 Å². The molecular formula is C13H13FO2S. The number of carboxylic acid groups (broad SMARTS) is 1. The normalized spacial score (nSPS) is 23.1. The van der Waals surface area contributed by atoms with Gasteiger partial charge in [-0.15, -0.1) is 11.8 Å². The van der Waals surface area contributed by atoms with Crippen molar-refractivity contribution in [2.75, 3.05) is 0 Å². The van der Waals surface area contributed by atoms with E-state index in [1.165, 1.54) is 36.7 Å². The summed E-state index contributed by atoms with van der Waals surface area (Å²) < 4.78 is 12.1. The molecule has 2 nitrogen and oxygen atoms in total. The molecule has 2 saturated carbocycles. The lowest BCUT2D eigenvalue weighted by atomic mass is 9.71. The number of hydrogen-bond acceptors (Lipinski definition) is 2. The molecule has 1 aromatic rings. The highest BCUT2D eigenvalue weighted by molar-refractivity contribution is 8.01. The molecule has 1 aromatic carbocycles. The summed E-state index contributed by atoms with van der Waals surface area (Å²) in [5, 5.41) is 9.36. The summed E-state index contributed by atoms with van der Waals surface area (Å²) in [6.07, 6.45) is 3.87. The Morgan fingerprint density at radius 1 is 1.24 bits per heavy atom. The van der Waals surface area contributed by atoms with Crippen molar-refractivity contribution in [3.05, 3.63) is 30.1 Å². The summed E-state index contributed by atoms with van der Waals surface area (Å²) in [6, 6.07) is 6.07. The number of carboxylic acids is 1. The molecule has 2 aliphatic rings. The summed E-state index contributed by atoms with van der Waals surface area (Å²) >= 11 is 1.37. The fraction of sp³-hybridized carbons (Fsp3) is 0.462. The molecular weight excluding hydrogens is 239 g/mol. The molecule has 90 valence electrons. The van der Waals surface area contributed by atoms with Crippen molar-refractivity contribution in [2.24, 2.45) is 5.41 Å². The van der Waals surface area contributed by atoms with Crippen molar-refractivity contribution in [3.63, 3.8) is 0 Å². The Bertz CT molecular complexity index is 457. The minimum atomic E-state index is -0.732. The molecule has 1 spiro atoms. The Balaban J connectivity index is 1.77. The van der Waals surface area contributed by atoms with E-state index in [4.69, 9.17) is 0 Å². The van der Waals surface area contributed by atoms with Crippen LogP contribution in [0.3, 0.4) is 0 Å². The summed E-state index contributed by atoms with van der Waals surface area (Å²) in [6.45, 7) is 0. The van der Waals surface area contributed by atoms with Gasteiger partial charge in [-0.25, -0.2) is 4.39 Å². The van der Waals surface area contributed by atoms with E-state index >= 15 is 0 Å². The number of benzene rings is 1. The average molecular weight is 252 g/mol. The third-order valence-electron chi connectivity index (χ3n) is 3.79. The number of aliphatic carboxylic acids is 1. The molecule has 3 rings (SSSR count). The van der Waals surface area contributed by atoms with Gasteiger partial charge in [0.25, 0.3) is 0 Å². The van der Waals surface area contributed by atoms with E-state index in [1.54, 1.807) is 12.1 Å². The fourth-order valence-corrected chi connectivity index (χ4v) is 4.25. The lowest BCUT2D eigenvalue weighted by molar-refractivity contribution is -0.144. The van der Waals surface area contributed by atoms with E-state index < -0.39 is 10.7 Å². The van der Waals surface area contributed by atoms with Gasteiger partial charge in [-0.2, -0.15) is 0 Å². The molecule has 17 heavy (non-hydrogen) atoms. The number of thioether (sulfide) groups is 1. The van der Waals surface area contributed by atoms with Gasteiger partial charge in [0.05, 0.1) is 0 Å². The molecule has 0 amide bonds. The van der Waals surface area contributed by atoms with Gasteiger partial charge in [0, 0.05) is 4.90 Å². The maximum absolute atomic E-state index is 12.8. The standard InChI is InChI=1S/C13H13FO2S/c14-9-1-3-10(4-2-9)17-13(11(15)16)7-12(8-13)5-6-12/h1-4H,5-8H2,(H,15,16). The minimum Gasteiger partial charge on any atom is -0.480 e. The quantitative estimate of drug-likeness (QED) is 0.896. The highest BCUT2D eigenvalue weighted by atomic mass is 32.2. The third kappa shape index (κ3) is 1.84. The summed E-state index contributed by atoms with van der Waals surface area (Å²) in [7, 11) is 0. The number of rotatable bonds is 3. The number of hydrogen-bond donors (Lipinski definition) is 1. The molecule has 0 radical (unpaired) electrons. The number of carbonyl (C=O) groups is 1. The summed E-state index contributed by atoms with van der Waals surface area (Å²) in [5.74, 6) is -1.02. The molecule has 2 fully saturated rings. The van der Waals surface area contributed by atoms with Crippen LogP contribution in [0.5, 0.6) is 0 Å². The van der Waals surface area contributed by atoms with Crippen LogP contribution in [0.15, 0.2) is 29.2 Å². The van der Waals surface area contributed by atoms with Crippen LogP contribution in [0, 0.1) is 11.2 Å². The predicted molar refractivity (Wildman–Crippen MR) is 63.5 cm³/mol. The topological polar surface area (TPSA) is 37.3 Å². The average Bonchev–Trinajstić information content (AvgIpc) is 3.00. The van der Waals surface area contributed by atoms with Crippen molar-refractivity contribution in [2.45, 2.75) is 35.3 Å². The van der Waals surface area contributed by atoms with E-state index in [0.717, 1.165) is 17.7 Å². The summed E-state index contributed by atoms with van der Waals surface area (Å²) in [4.78, 5) is 12.2. The van der Waals surface area contributed by atoms with E-state index in [1.807, 2.05) is 0 Å². The van der Waals surface area contributed by atoms with E-state index in [-0.39, 0.29) is 5.82 Å². The zero-order valence-corrected chi connectivity index (χ0v) is 10.1. The molecule has 0 atom stereocenters. The van der Waals surface area contributed by atoms with Crippen LogP contribution in [0.25, 0.3) is 0 Å². The van der Waals surface area contributed by atoms with Gasteiger partial charge in [-0.3, -0.25) is 4.79 Å². The van der Waals surface area contributed by atoms with Crippen LogP contribution in [-0.2, 0) is 4.79 Å². The van der Waals surface area contributed by atoms with Crippen molar-refractivity contribution in [1.82, 2.24) is 0 Å². The highest BCUT2D eigenvalue weighted by Gasteiger charge is 2.64. The van der Waals surface area contributed by atoms with Gasteiger partial charge in [0.15, 0.2) is 0 Å². The smallest absolute Gasteiger partial charge is 0.320 e. The van der Waals surface area contributed by atoms with Gasteiger partial charge >= 0.3 is 5.97 Å². The molecule has 0 bridgehead atoms. The van der Waals surface area contributed by atoms with E-state index in [0.29, 0.717) is 5.41 Å². The van der Waals surface area contributed by atoms with Crippen molar-refractivity contribution in [3.8, 4) is 0 Å². The second-order valence-corrected chi connectivity index (χ2v) is 6.67. The van der Waals surface area contributed by atoms with Crippen molar-refractivity contribution >= 4 is 17.7 Å². The van der Waals surface area contributed by atoms with Crippen LogP contribution < -0.4 is 0 Å². The van der Waals surface area contributed by atoms with Crippen LogP contribution >= 0.6 is 11.8 Å². The second kappa shape index (κ2) is 3.48. The SMILES string of the molecule is O=C(O)C1(Sc2ccc(F)cc2)CC2(CC2)C1. The van der Waals surface area contributed by atoms with Gasteiger partial charge < -0.3 is 5.11 Å². The van der Waals surface area contributed by atoms with Crippen molar-refractivity contribution in [1.29, 1.82) is 0 Å². The monoisotopic (exact) mass is 252 g/mol. The number of halogens is 1. The predicted octanol–water partition coefficient (Wildman–Crippen LogP) is 3.32. The molecule has 0 heterocycles. The van der Waals surface area contributed by atoms with Crippen LogP contribution in [-0.4, -0.2) is 15.8 Å². The Hall–Kier alpha value is -1.03. The molecule has 4 heteroatoms. The lowest BCUT2D eigenvalue weighted by Crippen LogP contribution is -2.48. The minimum absolute atomic E-state index is 0.286. The first-order valence-electron chi connectivity index (χ1n) is 5.72. The van der Waals surface area contributed by atoms with E-state index in [9.17, 15) is 14.3 Å². The molecule has 0 aromatic heterocycles. The summed E-state index contributed by atoms with van der Waals surface area (Å²) in [5.41, 5.74) is 0.339. The molecule has 0 unspecified atom stereocenters. The molecule has 1 N–H and O–H groups in total. The first kappa shape index (κ1) is 11.1. The third-order valence-corrected chi connectivity index (χ3v) is 5.16. The van der Waals surface area contributed by atoms with Crippen LogP contribution in [0.4, 0.5) is 4.39 Å². The fourth-order valence-electron chi connectivity index (χ4n) is 2.69. The Morgan fingerprint density at radius 3 is 2.29 bits per heavy atom. The molecule has 2 aliphatic carbocycles. The lowest BCUT2D eigenvalue weighted by Gasteiger charge is -2.44. The maximum atomic E-state index is 12.8. The molecule has 0 saturated heterocycles. The Morgan fingerprint density at radius 2 is 1.82 bits per heavy atom. The maximum Gasteiger partial charge on any atom is 0.320 e. The zero-order chi connectivity index (χ0) is 12.1. The van der Waals surface area contributed by atoms with Crippen LogP contribution in [0.2, 0.25) is 0 Å². The van der Waals surface area contributed by atoms with Crippen LogP contribution in [0.1, 0.15) is 25.7 Å². The van der Waals surface area contributed by atoms with Gasteiger partial charge in [-0.1, -0.05) is 0 Å². The largest absolute Gasteiger partial charge is 0.480 e. The second-order valence-electron chi connectivity index (χ2n) is 5.21. The Kier molecular flexibility index (Phi) is 2.27. The first-order chi connectivity index (χ1) is 8.04. The zero-order valence-electron chi connectivity index (χ0n) is 9.28. The molecule has 0 aliphatic heterocycles.